The van der Waals surface area contributed by atoms with Crippen LogP contribution in [-0.2, 0) is 16.9 Å². The van der Waals surface area contributed by atoms with Crippen molar-refractivity contribution in [2.75, 3.05) is 18.1 Å². The van der Waals surface area contributed by atoms with Crippen LogP contribution in [0.5, 0.6) is 0 Å². The predicted octanol–water partition coefficient (Wildman–Crippen LogP) is 0.563. The smallest absolute Gasteiger partial charge is 0.363 e. The molecule has 0 saturated heterocycles. The van der Waals surface area contributed by atoms with Gasteiger partial charge < -0.3 is 15.4 Å². The van der Waals surface area contributed by atoms with Crippen molar-refractivity contribution in [2.24, 2.45) is 7.05 Å². The van der Waals surface area contributed by atoms with Gasteiger partial charge in [0.1, 0.15) is 0 Å². The van der Waals surface area contributed by atoms with Gasteiger partial charge in [-0.3, -0.25) is 4.57 Å². The number of hydrogen-bond donors (Lipinski definition) is 1. The molecular formula is C9H16N4O4S. The van der Waals surface area contributed by atoms with Gasteiger partial charge in [0.05, 0.1) is 4.75 Å². The van der Waals surface area contributed by atoms with Crippen LogP contribution in [0.25, 0.3) is 0 Å². The Kier molecular flexibility index (Phi) is 3.65. The van der Waals surface area contributed by atoms with Crippen LogP contribution >= 0.6 is 0 Å². The molecule has 0 saturated carbocycles. The molecular weight excluding hydrogens is 260 g/mol. The van der Waals surface area contributed by atoms with E-state index in [1.54, 1.807) is 20.9 Å². The van der Waals surface area contributed by atoms with E-state index in [9.17, 15) is 18.5 Å². The molecule has 1 aromatic heterocycles. The second-order valence-electron chi connectivity index (χ2n) is 4.67. The number of nitrogens with one attached hydrogen (secondary N) is 1. The summed E-state index contributed by atoms with van der Waals surface area (Å²) in [6, 6.07) is 0. The van der Waals surface area contributed by atoms with Crippen LogP contribution in [-0.4, -0.2) is 40.4 Å². The maximum absolute atomic E-state index is 11.5. The maximum atomic E-state index is 11.5. The van der Waals surface area contributed by atoms with Crippen molar-refractivity contribution in [2.45, 2.75) is 18.6 Å². The third kappa shape index (κ3) is 2.78. The van der Waals surface area contributed by atoms with Crippen molar-refractivity contribution in [3.05, 3.63) is 16.4 Å². The molecule has 8 nitrogen and oxygen atoms in total. The van der Waals surface area contributed by atoms with Gasteiger partial charge in [-0.15, -0.1) is 0 Å². The average Bonchev–Trinajstić information content (AvgIpc) is 2.55. The SMILES string of the molecule is Cn1cnc([N+](=O)[O-])c1NCC(C)(C)S(C)(=O)=O. The number of nitrogens with zero attached hydrogens (tertiary/aromatic N) is 3. The molecule has 0 amide bonds. The fraction of sp³-hybridized carbons (Fsp3) is 0.667. The second-order valence-corrected chi connectivity index (χ2v) is 7.32. The van der Waals surface area contributed by atoms with Crippen molar-refractivity contribution in [3.63, 3.8) is 0 Å². The summed E-state index contributed by atoms with van der Waals surface area (Å²) in [7, 11) is -1.67. The maximum Gasteiger partial charge on any atom is 0.406 e. The number of anilines is 1. The number of hydrogen-bond acceptors (Lipinski definition) is 6. The molecule has 18 heavy (non-hydrogen) atoms. The minimum atomic E-state index is -3.26. The third-order valence-corrected chi connectivity index (χ3v) is 4.93. The van der Waals surface area contributed by atoms with E-state index >= 15 is 0 Å². The molecule has 0 spiro atoms. The van der Waals surface area contributed by atoms with Crippen LogP contribution in [0.15, 0.2) is 6.33 Å². The molecule has 9 heteroatoms. The number of imidazole rings is 1. The Labute approximate surface area is 105 Å². The predicted molar refractivity (Wildman–Crippen MR) is 67.3 cm³/mol. The fourth-order valence-corrected chi connectivity index (χ4v) is 1.52. The van der Waals surface area contributed by atoms with Crippen LogP contribution in [0.4, 0.5) is 11.6 Å². The van der Waals surface area contributed by atoms with E-state index in [0.29, 0.717) is 0 Å². The van der Waals surface area contributed by atoms with Gasteiger partial charge in [0.25, 0.3) is 0 Å². The Balaban J connectivity index is 2.94. The van der Waals surface area contributed by atoms with Gasteiger partial charge in [-0.05, 0) is 23.8 Å². The Bertz CT molecular complexity index is 561. The number of rotatable bonds is 5. The zero-order valence-electron chi connectivity index (χ0n) is 10.7. The number of aromatic nitrogens is 2. The Morgan fingerprint density at radius 3 is 2.56 bits per heavy atom. The van der Waals surface area contributed by atoms with Crippen molar-refractivity contribution in [3.8, 4) is 0 Å². The van der Waals surface area contributed by atoms with Crippen molar-refractivity contribution < 1.29 is 13.3 Å². The summed E-state index contributed by atoms with van der Waals surface area (Å²) in [6.45, 7) is 3.17. The molecule has 0 bridgehead atoms. The lowest BCUT2D eigenvalue weighted by molar-refractivity contribution is -0.388. The summed E-state index contributed by atoms with van der Waals surface area (Å²) >= 11 is 0. The van der Waals surface area contributed by atoms with Gasteiger partial charge in [0.2, 0.25) is 12.1 Å². The van der Waals surface area contributed by atoms with E-state index in [-0.39, 0.29) is 18.2 Å². The van der Waals surface area contributed by atoms with Gasteiger partial charge in [-0.25, -0.2) is 8.42 Å². The standard InChI is InChI=1S/C9H16N4O4S/c1-9(2,18(4,16)17)5-10-7-8(13(14)15)11-6-12(7)3/h6,10H,5H2,1-4H3. The highest BCUT2D eigenvalue weighted by molar-refractivity contribution is 7.92. The molecule has 0 atom stereocenters. The summed E-state index contributed by atoms with van der Waals surface area (Å²) in [4.78, 5) is 13.7. The average molecular weight is 276 g/mol. The summed E-state index contributed by atoms with van der Waals surface area (Å²) in [6.07, 6.45) is 2.43. The van der Waals surface area contributed by atoms with E-state index in [1.807, 2.05) is 0 Å². The Hall–Kier alpha value is -1.64. The van der Waals surface area contributed by atoms with Crippen LogP contribution < -0.4 is 5.32 Å². The monoisotopic (exact) mass is 276 g/mol. The first-order valence-corrected chi connectivity index (χ1v) is 7.04. The van der Waals surface area contributed by atoms with Gasteiger partial charge >= 0.3 is 5.82 Å². The summed E-state index contributed by atoms with van der Waals surface area (Å²) in [5, 5.41) is 13.5. The zero-order valence-corrected chi connectivity index (χ0v) is 11.5. The Morgan fingerprint density at radius 2 is 2.11 bits per heavy atom. The van der Waals surface area contributed by atoms with Crippen LogP contribution in [0, 0.1) is 10.1 Å². The van der Waals surface area contributed by atoms with E-state index in [4.69, 9.17) is 0 Å². The van der Waals surface area contributed by atoms with Crippen LogP contribution in [0.1, 0.15) is 13.8 Å². The van der Waals surface area contributed by atoms with E-state index in [0.717, 1.165) is 6.26 Å². The highest BCUT2D eigenvalue weighted by Gasteiger charge is 2.31. The molecule has 0 aliphatic carbocycles. The van der Waals surface area contributed by atoms with Crippen molar-refractivity contribution >= 4 is 21.5 Å². The van der Waals surface area contributed by atoms with Crippen molar-refractivity contribution in [1.82, 2.24) is 9.55 Å². The topological polar surface area (TPSA) is 107 Å². The van der Waals surface area contributed by atoms with E-state index in [2.05, 4.69) is 10.3 Å². The highest BCUT2D eigenvalue weighted by Crippen LogP contribution is 2.23. The quantitative estimate of drug-likeness (QED) is 0.622. The van der Waals surface area contributed by atoms with Gasteiger partial charge in [0.15, 0.2) is 9.84 Å². The lowest BCUT2D eigenvalue weighted by atomic mass is 10.2. The largest absolute Gasteiger partial charge is 0.406 e. The zero-order chi connectivity index (χ0) is 14.1. The highest BCUT2D eigenvalue weighted by atomic mass is 32.2. The molecule has 0 fully saturated rings. The van der Waals surface area contributed by atoms with Crippen LogP contribution in [0.3, 0.4) is 0 Å². The van der Waals surface area contributed by atoms with Gasteiger partial charge in [-0.2, -0.15) is 0 Å². The minimum absolute atomic E-state index is 0.0617. The molecule has 1 aromatic rings. The molecule has 0 unspecified atom stereocenters. The van der Waals surface area contributed by atoms with E-state index in [1.165, 1.54) is 10.9 Å². The molecule has 1 heterocycles. The Morgan fingerprint density at radius 1 is 1.56 bits per heavy atom. The summed E-state index contributed by atoms with van der Waals surface area (Å²) in [5.41, 5.74) is 0. The molecule has 0 aliphatic heterocycles. The molecule has 0 aromatic carbocycles. The van der Waals surface area contributed by atoms with Gasteiger partial charge in [0, 0.05) is 19.8 Å². The normalized spacial score (nSPS) is 12.4. The summed E-state index contributed by atoms with van der Waals surface area (Å²) < 4.78 is 23.5. The molecule has 102 valence electrons. The number of aryl methyl sites for hydroxylation is 1. The number of nitro groups is 1. The van der Waals surface area contributed by atoms with Gasteiger partial charge in [-0.1, -0.05) is 0 Å². The molecule has 1 rings (SSSR count). The first-order chi connectivity index (χ1) is 8.06. The lowest BCUT2D eigenvalue weighted by Crippen LogP contribution is -2.38. The van der Waals surface area contributed by atoms with Crippen molar-refractivity contribution in [1.29, 1.82) is 0 Å². The lowest BCUT2D eigenvalue weighted by Gasteiger charge is -2.22. The first kappa shape index (κ1) is 14.4. The molecule has 0 aliphatic rings. The third-order valence-electron chi connectivity index (χ3n) is 2.78. The minimum Gasteiger partial charge on any atom is -0.363 e. The van der Waals surface area contributed by atoms with Crippen LogP contribution in [0.2, 0.25) is 0 Å². The fourth-order valence-electron chi connectivity index (χ4n) is 1.18. The number of sulfone groups is 1. The molecule has 0 radical (unpaired) electrons. The molecule has 1 N–H and O–H groups in total. The summed E-state index contributed by atoms with van der Waals surface area (Å²) in [5.74, 6) is -0.126. The van der Waals surface area contributed by atoms with E-state index < -0.39 is 19.5 Å². The second kappa shape index (κ2) is 4.56. The first-order valence-electron chi connectivity index (χ1n) is 5.15.